The van der Waals surface area contributed by atoms with Gasteiger partial charge in [-0.3, -0.25) is 0 Å². The lowest BCUT2D eigenvalue weighted by molar-refractivity contribution is 0.643. The van der Waals surface area contributed by atoms with Crippen molar-refractivity contribution in [1.82, 2.24) is 4.67 Å². The van der Waals surface area contributed by atoms with Crippen molar-refractivity contribution in [3.8, 4) is 0 Å². The molecule has 0 aromatic carbocycles. The zero-order chi connectivity index (χ0) is 6.85. The maximum absolute atomic E-state index is 4.31. The standard InChI is InChI=1S/C8H14N/c1-4-8-7(3)6(2)5-9-8/h5-7H,4H2,1-3H3/q+1. The molecule has 0 radical (unpaired) electrons. The van der Waals surface area contributed by atoms with Gasteiger partial charge in [0.2, 0.25) is 0 Å². The summed E-state index contributed by atoms with van der Waals surface area (Å²) in [6, 6.07) is 0. The molecule has 0 fully saturated rings. The highest BCUT2D eigenvalue weighted by Gasteiger charge is 2.29. The molecule has 2 atom stereocenters. The van der Waals surface area contributed by atoms with Gasteiger partial charge in [0.05, 0.1) is 11.8 Å². The summed E-state index contributed by atoms with van der Waals surface area (Å²) in [4.78, 5) is 0. The molecule has 1 heteroatoms. The van der Waals surface area contributed by atoms with Crippen molar-refractivity contribution >= 4 is 11.9 Å². The molecule has 1 nitrogen and oxygen atoms in total. The highest BCUT2D eigenvalue weighted by molar-refractivity contribution is 5.93. The van der Waals surface area contributed by atoms with Gasteiger partial charge < -0.3 is 0 Å². The number of hydrogen-bond acceptors (Lipinski definition) is 0. The smallest absolute Gasteiger partial charge is 0.107 e. The van der Waals surface area contributed by atoms with Crippen LogP contribution in [0.5, 0.6) is 0 Å². The fourth-order valence-corrected chi connectivity index (χ4v) is 1.18. The first-order chi connectivity index (χ1) is 4.25. The fraction of sp³-hybridized carbons (Fsp3) is 0.750. The Morgan fingerprint density at radius 2 is 2.22 bits per heavy atom. The zero-order valence-electron chi connectivity index (χ0n) is 6.39. The van der Waals surface area contributed by atoms with Gasteiger partial charge in [-0.05, 0) is 0 Å². The van der Waals surface area contributed by atoms with Crippen molar-refractivity contribution in [2.24, 2.45) is 11.8 Å². The fourth-order valence-electron chi connectivity index (χ4n) is 1.18. The molecule has 9 heavy (non-hydrogen) atoms. The molecular formula is C8H14N+. The maximum atomic E-state index is 4.31. The van der Waals surface area contributed by atoms with Gasteiger partial charge >= 0.3 is 0 Å². The molecule has 0 aromatic heterocycles. The monoisotopic (exact) mass is 124 g/mol. The third-order valence-corrected chi connectivity index (χ3v) is 2.15. The van der Waals surface area contributed by atoms with Crippen LogP contribution in [0.2, 0.25) is 0 Å². The molecular weight excluding hydrogens is 110 g/mol. The Balaban J connectivity index is 2.67. The summed E-state index contributed by atoms with van der Waals surface area (Å²) in [6.07, 6.45) is 3.17. The van der Waals surface area contributed by atoms with Gasteiger partial charge in [-0.15, -0.1) is 4.67 Å². The van der Waals surface area contributed by atoms with Gasteiger partial charge in [0.15, 0.2) is 0 Å². The van der Waals surface area contributed by atoms with Gasteiger partial charge in [0, 0.05) is 6.42 Å². The van der Waals surface area contributed by atoms with Gasteiger partial charge in [0.1, 0.15) is 0 Å². The molecule has 0 saturated carbocycles. The second-order valence-corrected chi connectivity index (χ2v) is 2.77. The van der Waals surface area contributed by atoms with E-state index in [-0.39, 0.29) is 0 Å². The van der Waals surface area contributed by atoms with E-state index in [2.05, 4.69) is 31.7 Å². The van der Waals surface area contributed by atoms with E-state index in [1.54, 1.807) is 0 Å². The molecule has 0 amide bonds. The first kappa shape index (κ1) is 6.57. The number of nitrogens with zero attached hydrogens (tertiary/aromatic N) is 1. The first-order valence-corrected chi connectivity index (χ1v) is 3.65. The Morgan fingerprint density at radius 3 is 2.44 bits per heavy atom. The predicted octanol–water partition coefficient (Wildman–Crippen LogP) is 1.26. The highest BCUT2D eigenvalue weighted by atomic mass is 14.6. The minimum atomic E-state index is 0.667. The lowest BCUT2D eigenvalue weighted by Crippen LogP contribution is -2.13. The van der Waals surface area contributed by atoms with E-state index < -0.39 is 0 Å². The lowest BCUT2D eigenvalue weighted by Gasteiger charge is -1.99. The largest absolute Gasteiger partial charge is 0.283 e. The quantitative estimate of drug-likeness (QED) is 0.467. The summed E-state index contributed by atoms with van der Waals surface area (Å²) in [5.74, 6) is 1.36. The molecule has 2 unspecified atom stereocenters. The number of hydrogen-bond donors (Lipinski definition) is 0. The summed E-state index contributed by atoms with van der Waals surface area (Å²) >= 11 is 0. The second kappa shape index (κ2) is 2.36. The maximum Gasteiger partial charge on any atom is 0.283 e. The summed E-state index contributed by atoms with van der Waals surface area (Å²) in [6.45, 7) is 6.63. The normalized spacial score (nSPS) is 33.0. The minimum Gasteiger partial charge on any atom is -0.107 e. The minimum absolute atomic E-state index is 0.667. The average Bonchev–Trinajstić information content (AvgIpc) is 2.15. The van der Waals surface area contributed by atoms with Gasteiger partial charge in [-0.2, -0.15) is 0 Å². The molecule has 0 N–H and O–H groups in total. The van der Waals surface area contributed by atoms with Crippen molar-refractivity contribution in [2.75, 3.05) is 0 Å². The van der Waals surface area contributed by atoms with Crippen LogP contribution in [0.15, 0.2) is 0 Å². The van der Waals surface area contributed by atoms with Crippen LogP contribution in [0, 0.1) is 11.8 Å². The van der Waals surface area contributed by atoms with Crippen molar-refractivity contribution in [3.05, 3.63) is 0 Å². The van der Waals surface area contributed by atoms with Crippen LogP contribution >= 0.6 is 0 Å². The molecule has 0 saturated heterocycles. The Morgan fingerprint density at radius 1 is 1.56 bits per heavy atom. The van der Waals surface area contributed by atoms with E-state index in [4.69, 9.17) is 0 Å². The Kier molecular flexibility index (Phi) is 1.73. The van der Waals surface area contributed by atoms with E-state index in [1.165, 1.54) is 5.71 Å². The van der Waals surface area contributed by atoms with Crippen LogP contribution in [0.3, 0.4) is 0 Å². The lowest BCUT2D eigenvalue weighted by atomic mass is 9.93. The molecule has 0 aliphatic carbocycles. The molecule has 0 spiro atoms. The summed E-state index contributed by atoms with van der Waals surface area (Å²) in [7, 11) is 0. The van der Waals surface area contributed by atoms with Crippen molar-refractivity contribution in [2.45, 2.75) is 27.2 Å². The Hall–Kier alpha value is -0.550. The molecule has 0 bridgehead atoms. The summed E-state index contributed by atoms with van der Waals surface area (Å²) in [5.41, 5.74) is 1.36. The van der Waals surface area contributed by atoms with Crippen LogP contribution in [0.25, 0.3) is 0 Å². The predicted molar refractivity (Wildman–Crippen MR) is 41.8 cm³/mol. The molecule has 1 rings (SSSR count). The second-order valence-electron chi connectivity index (χ2n) is 2.77. The van der Waals surface area contributed by atoms with Gasteiger partial charge in [0.25, 0.3) is 11.9 Å². The van der Waals surface area contributed by atoms with Crippen molar-refractivity contribution < 1.29 is 0 Å². The Bertz CT molecular complexity index is 163. The zero-order valence-corrected chi connectivity index (χ0v) is 6.39. The van der Waals surface area contributed by atoms with Crippen LogP contribution in [-0.4, -0.2) is 11.9 Å². The molecule has 1 aliphatic heterocycles. The third-order valence-electron chi connectivity index (χ3n) is 2.15. The van der Waals surface area contributed by atoms with E-state index in [1.807, 2.05) is 0 Å². The topological polar surface area (TPSA) is 14.1 Å². The molecule has 1 heterocycles. The Labute approximate surface area is 56.5 Å². The first-order valence-electron chi connectivity index (χ1n) is 3.65. The van der Waals surface area contributed by atoms with E-state index in [9.17, 15) is 0 Å². The van der Waals surface area contributed by atoms with Gasteiger partial charge in [-0.25, -0.2) is 0 Å². The van der Waals surface area contributed by atoms with Crippen LogP contribution in [0.4, 0.5) is 0 Å². The molecule has 50 valence electrons. The molecule has 1 aliphatic rings. The average molecular weight is 124 g/mol. The van der Waals surface area contributed by atoms with Crippen LogP contribution < -0.4 is 4.67 Å². The van der Waals surface area contributed by atoms with E-state index in [0.717, 1.165) is 6.42 Å². The SMILES string of the molecule is CCC1=[N+]=CC(C)C1C. The van der Waals surface area contributed by atoms with Crippen LogP contribution in [0.1, 0.15) is 27.2 Å². The van der Waals surface area contributed by atoms with Crippen molar-refractivity contribution in [3.63, 3.8) is 0 Å². The van der Waals surface area contributed by atoms with Gasteiger partial charge in [-0.1, -0.05) is 20.8 Å². The van der Waals surface area contributed by atoms with E-state index >= 15 is 0 Å². The highest BCUT2D eigenvalue weighted by Crippen LogP contribution is 2.13. The summed E-state index contributed by atoms with van der Waals surface area (Å²) in [5, 5.41) is 0. The van der Waals surface area contributed by atoms with E-state index in [0.29, 0.717) is 11.8 Å². The van der Waals surface area contributed by atoms with Crippen LogP contribution in [-0.2, 0) is 0 Å². The summed E-state index contributed by atoms with van der Waals surface area (Å²) < 4.78 is 4.31. The number of rotatable bonds is 1. The molecule has 0 aromatic rings. The third kappa shape index (κ3) is 1.06. The van der Waals surface area contributed by atoms with Crippen molar-refractivity contribution in [1.29, 1.82) is 0 Å².